The number of aliphatic hydroxyl groups excluding tert-OH is 1. The molecular weight excluding hydrogens is 314 g/mol. The van der Waals surface area contributed by atoms with Crippen LogP contribution < -0.4 is 5.32 Å². The summed E-state index contributed by atoms with van der Waals surface area (Å²) in [5, 5.41) is 13.5. The van der Waals surface area contributed by atoms with Gasteiger partial charge in [-0.15, -0.1) is 0 Å². The Balaban J connectivity index is 1.64. The van der Waals surface area contributed by atoms with Gasteiger partial charge in [0.05, 0.1) is 25.4 Å². The zero-order valence-corrected chi connectivity index (χ0v) is 15.0. The number of aromatic nitrogens is 1. The first-order chi connectivity index (χ1) is 12.1. The van der Waals surface area contributed by atoms with E-state index < -0.39 is 0 Å². The van der Waals surface area contributed by atoms with E-state index in [1.807, 2.05) is 24.5 Å². The number of aliphatic hydroxyl groups is 1. The fourth-order valence-corrected chi connectivity index (χ4v) is 3.33. The monoisotopic (exact) mass is 341 g/mol. The van der Waals surface area contributed by atoms with Crippen LogP contribution in [0.25, 0.3) is 11.1 Å². The highest BCUT2D eigenvalue weighted by molar-refractivity contribution is 5.63. The Kier molecular flexibility index (Phi) is 5.81. The highest BCUT2D eigenvalue weighted by Crippen LogP contribution is 2.22. The molecule has 2 N–H and O–H groups in total. The van der Waals surface area contributed by atoms with Crippen LogP contribution in [0.2, 0.25) is 0 Å². The van der Waals surface area contributed by atoms with Gasteiger partial charge in [0, 0.05) is 31.5 Å². The molecule has 1 aromatic heterocycles. The van der Waals surface area contributed by atoms with Gasteiger partial charge in [-0.05, 0) is 48.9 Å². The summed E-state index contributed by atoms with van der Waals surface area (Å²) in [6, 6.07) is 12.8. The highest BCUT2D eigenvalue weighted by Gasteiger charge is 2.39. The van der Waals surface area contributed by atoms with Crippen molar-refractivity contribution in [1.29, 1.82) is 0 Å². The van der Waals surface area contributed by atoms with Gasteiger partial charge >= 0.3 is 0 Å². The average molecular weight is 341 g/mol. The second-order valence-electron chi connectivity index (χ2n) is 6.90. The molecule has 0 spiro atoms. The summed E-state index contributed by atoms with van der Waals surface area (Å²) in [6.45, 7) is 4.91. The summed E-state index contributed by atoms with van der Waals surface area (Å²) in [5.74, 6) is 0. The molecule has 1 fully saturated rings. The Labute approximate surface area is 149 Å². The van der Waals surface area contributed by atoms with E-state index in [1.54, 1.807) is 0 Å². The average Bonchev–Trinajstić information content (AvgIpc) is 2.66. The molecule has 1 saturated heterocycles. The quantitative estimate of drug-likeness (QED) is 0.841. The number of hydrogen-bond acceptors (Lipinski definition) is 5. The van der Waals surface area contributed by atoms with Gasteiger partial charge in [0.1, 0.15) is 0 Å². The number of pyridine rings is 1. The van der Waals surface area contributed by atoms with Crippen LogP contribution >= 0.6 is 0 Å². The maximum atomic E-state index is 9.95. The van der Waals surface area contributed by atoms with Crippen LogP contribution in [0.15, 0.2) is 48.8 Å². The van der Waals surface area contributed by atoms with Gasteiger partial charge in [-0.2, -0.15) is 0 Å². The molecule has 1 aromatic carbocycles. The van der Waals surface area contributed by atoms with Crippen molar-refractivity contribution in [2.45, 2.75) is 25.0 Å². The van der Waals surface area contributed by atoms with Gasteiger partial charge in [0.15, 0.2) is 0 Å². The van der Waals surface area contributed by atoms with Crippen LogP contribution in [0.1, 0.15) is 12.5 Å². The molecule has 1 aliphatic rings. The van der Waals surface area contributed by atoms with E-state index in [1.165, 1.54) is 11.1 Å². The summed E-state index contributed by atoms with van der Waals surface area (Å²) in [5.41, 5.74) is 3.21. The maximum absolute atomic E-state index is 9.95. The lowest BCUT2D eigenvalue weighted by Gasteiger charge is -2.47. The number of benzene rings is 1. The molecule has 5 nitrogen and oxygen atoms in total. The number of ether oxygens (including phenoxy) is 1. The molecule has 2 aromatic rings. The number of nitrogens with one attached hydrogen (secondary N) is 1. The summed E-state index contributed by atoms with van der Waals surface area (Å²) < 4.78 is 5.69. The maximum Gasteiger partial charge on any atom is 0.0802 e. The molecule has 134 valence electrons. The Morgan fingerprint density at radius 3 is 2.84 bits per heavy atom. The van der Waals surface area contributed by atoms with Crippen molar-refractivity contribution >= 4 is 0 Å². The van der Waals surface area contributed by atoms with Crippen molar-refractivity contribution in [2.75, 3.05) is 33.4 Å². The molecule has 0 aliphatic carbocycles. The molecule has 2 heterocycles. The lowest BCUT2D eigenvalue weighted by molar-refractivity contribution is -0.106. The first-order valence-corrected chi connectivity index (χ1v) is 8.76. The second kappa shape index (κ2) is 8.06. The van der Waals surface area contributed by atoms with Crippen LogP contribution in [0, 0.1) is 0 Å². The summed E-state index contributed by atoms with van der Waals surface area (Å²) in [6.07, 6.45) is 3.62. The largest absolute Gasteiger partial charge is 0.394 e. The molecule has 25 heavy (non-hydrogen) atoms. The fourth-order valence-electron chi connectivity index (χ4n) is 3.33. The van der Waals surface area contributed by atoms with Crippen LogP contribution in [0.5, 0.6) is 0 Å². The smallest absolute Gasteiger partial charge is 0.0802 e. The van der Waals surface area contributed by atoms with Crippen molar-refractivity contribution in [3.05, 3.63) is 54.4 Å². The molecule has 5 heteroatoms. The molecule has 0 unspecified atom stereocenters. The Morgan fingerprint density at radius 1 is 1.28 bits per heavy atom. The Bertz CT molecular complexity index is 680. The third kappa shape index (κ3) is 4.07. The molecular formula is C20H27N3O2. The van der Waals surface area contributed by atoms with Gasteiger partial charge in [-0.3, -0.25) is 9.88 Å². The van der Waals surface area contributed by atoms with E-state index in [9.17, 15) is 5.11 Å². The van der Waals surface area contributed by atoms with E-state index in [0.29, 0.717) is 25.8 Å². The summed E-state index contributed by atoms with van der Waals surface area (Å²) >= 11 is 0. The van der Waals surface area contributed by atoms with Crippen LogP contribution in [-0.2, 0) is 11.3 Å². The first kappa shape index (κ1) is 18.0. The van der Waals surface area contributed by atoms with Gasteiger partial charge < -0.3 is 15.2 Å². The van der Waals surface area contributed by atoms with E-state index >= 15 is 0 Å². The third-order valence-corrected chi connectivity index (χ3v) is 5.16. The second-order valence-corrected chi connectivity index (χ2v) is 6.90. The number of morpholine rings is 1. The van der Waals surface area contributed by atoms with Crippen molar-refractivity contribution < 1.29 is 9.84 Å². The fraction of sp³-hybridized carbons (Fsp3) is 0.450. The molecule has 0 radical (unpaired) electrons. The summed E-state index contributed by atoms with van der Waals surface area (Å²) in [7, 11) is 2.06. The normalized spacial score (nSPS) is 24.4. The zero-order valence-electron chi connectivity index (χ0n) is 15.0. The predicted molar refractivity (Wildman–Crippen MR) is 99.2 cm³/mol. The lowest BCUT2D eigenvalue weighted by atomic mass is 9.96. The molecule has 2 atom stereocenters. The predicted octanol–water partition coefficient (Wildman–Crippen LogP) is 1.92. The molecule has 0 bridgehead atoms. The number of hydrogen-bond donors (Lipinski definition) is 2. The highest BCUT2D eigenvalue weighted by atomic mass is 16.5. The van der Waals surface area contributed by atoms with E-state index in [4.69, 9.17) is 4.74 Å². The lowest BCUT2D eigenvalue weighted by Crippen LogP contribution is -2.65. The van der Waals surface area contributed by atoms with Gasteiger partial charge in [-0.25, -0.2) is 0 Å². The van der Waals surface area contributed by atoms with Crippen molar-refractivity contribution in [3.63, 3.8) is 0 Å². The van der Waals surface area contributed by atoms with E-state index in [-0.39, 0.29) is 12.1 Å². The van der Waals surface area contributed by atoms with E-state index in [2.05, 4.69) is 53.4 Å². The van der Waals surface area contributed by atoms with Crippen LogP contribution in [-0.4, -0.2) is 60.0 Å². The minimum Gasteiger partial charge on any atom is -0.394 e. The Morgan fingerprint density at radius 2 is 2.08 bits per heavy atom. The van der Waals surface area contributed by atoms with Crippen molar-refractivity contribution in [3.8, 4) is 11.1 Å². The van der Waals surface area contributed by atoms with Crippen molar-refractivity contribution in [1.82, 2.24) is 15.2 Å². The standard InChI is InChI=1S/C20H27N3O2/c1-16-12-25-15-20(14-24,23(16)2)13-22-11-17-4-3-5-19(10-17)18-6-8-21-9-7-18/h3-10,16,22,24H,11-15H2,1-2H3/t16-,20+/m1/s1. The topological polar surface area (TPSA) is 57.6 Å². The summed E-state index contributed by atoms with van der Waals surface area (Å²) in [4.78, 5) is 6.31. The van der Waals surface area contributed by atoms with Crippen LogP contribution in [0.4, 0.5) is 0 Å². The van der Waals surface area contributed by atoms with Gasteiger partial charge in [0.2, 0.25) is 0 Å². The van der Waals surface area contributed by atoms with Gasteiger partial charge in [0.25, 0.3) is 0 Å². The number of likely N-dealkylation sites (N-methyl/N-ethyl adjacent to an activating group) is 1. The minimum atomic E-state index is -0.361. The zero-order chi connectivity index (χ0) is 17.7. The molecule has 3 rings (SSSR count). The molecule has 0 amide bonds. The van der Waals surface area contributed by atoms with Gasteiger partial charge in [-0.1, -0.05) is 18.2 Å². The number of nitrogens with zero attached hydrogens (tertiary/aromatic N) is 2. The Hall–Kier alpha value is -1.79. The molecule has 1 aliphatic heterocycles. The van der Waals surface area contributed by atoms with E-state index in [0.717, 1.165) is 12.1 Å². The first-order valence-electron chi connectivity index (χ1n) is 8.76. The minimum absolute atomic E-state index is 0.0812. The van der Waals surface area contributed by atoms with Crippen LogP contribution in [0.3, 0.4) is 0 Å². The third-order valence-electron chi connectivity index (χ3n) is 5.16. The molecule has 0 saturated carbocycles. The number of rotatable bonds is 6. The van der Waals surface area contributed by atoms with Crippen molar-refractivity contribution in [2.24, 2.45) is 0 Å². The SMILES string of the molecule is C[C@@H]1COC[C@@](CO)(CNCc2cccc(-c3ccncc3)c2)N1C.